The van der Waals surface area contributed by atoms with Crippen molar-refractivity contribution < 1.29 is 36.6 Å². The number of carbonyl (C=O) groups excluding carboxylic acids is 2. The molecule has 9 nitrogen and oxygen atoms in total. The first kappa shape index (κ1) is 31.4. The Bertz CT molecular complexity index is 1500. The van der Waals surface area contributed by atoms with Crippen molar-refractivity contribution in [2.24, 2.45) is 12.0 Å². The van der Waals surface area contributed by atoms with E-state index in [1.54, 1.807) is 6.92 Å². The molecule has 0 unspecified atom stereocenters. The van der Waals surface area contributed by atoms with Gasteiger partial charge in [0.2, 0.25) is 0 Å². The molecule has 0 atom stereocenters. The Morgan fingerprint density at radius 3 is 2.44 bits per heavy atom. The number of hydrogen-bond acceptors (Lipinski definition) is 7. The van der Waals surface area contributed by atoms with Crippen LogP contribution < -0.4 is 15.3 Å². The topological polar surface area (TPSA) is 100 Å². The number of halogens is 4. The van der Waals surface area contributed by atoms with E-state index in [1.807, 2.05) is 0 Å². The molecule has 2 aromatic rings. The molecule has 41 heavy (non-hydrogen) atoms. The van der Waals surface area contributed by atoms with Crippen LogP contribution >= 0.6 is 12.2 Å². The lowest BCUT2D eigenvalue weighted by atomic mass is 10.0. The molecule has 0 aliphatic carbocycles. The van der Waals surface area contributed by atoms with Crippen LogP contribution in [0.1, 0.15) is 38.3 Å². The predicted octanol–water partition coefficient (Wildman–Crippen LogP) is 4.36. The van der Waals surface area contributed by atoms with Gasteiger partial charge in [-0.05, 0) is 50.7 Å². The van der Waals surface area contributed by atoms with Crippen molar-refractivity contribution in [3.63, 3.8) is 0 Å². The zero-order chi connectivity index (χ0) is 30.7. The maximum Gasteiger partial charge on any atom is 0.417 e. The van der Waals surface area contributed by atoms with Crippen molar-refractivity contribution in [1.29, 1.82) is 5.26 Å². The molecule has 0 radical (unpaired) electrons. The molecule has 1 aromatic heterocycles. The Hall–Kier alpha value is -4.09. The van der Waals surface area contributed by atoms with Gasteiger partial charge in [0.25, 0.3) is 5.91 Å². The number of anilines is 2. The highest BCUT2D eigenvalue weighted by molar-refractivity contribution is 7.81. The number of pyridine rings is 1. The Morgan fingerprint density at radius 1 is 1.22 bits per heavy atom. The van der Waals surface area contributed by atoms with Gasteiger partial charge in [0.05, 0.1) is 40.9 Å². The number of nitriles is 1. The van der Waals surface area contributed by atoms with Crippen molar-refractivity contribution in [2.75, 3.05) is 30.1 Å². The summed E-state index contributed by atoms with van der Waals surface area (Å²) < 4.78 is 67.9. The number of allylic oxidation sites excluding steroid dienone is 2. The molecular formula is C27H27F4N5O4S. The quantitative estimate of drug-likeness (QED) is 0.106. The zero-order valence-corrected chi connectivity index (χ0v) is 23.7. The standard InChI is InChI=1S/C27H27F4N5O4S/c1-6-21(22(15-37)40-10-9-39-5)33-23-20(28)12-18(14-34(23)4)36-25(41)35(24(38)26(36,2)3)17-8-7-16(13-32)19(11-17)27(29,30)31/h7-8,11-12,14-15H,6,9-10H2,1-5H3/b22-21+,33-23?. The van der Waals surface area contributed by atoms with Gasteiger partial charge in [0.1, 0.15) is 12.1 Å². The molecular weight excluding hydrogens is 566 g/mol. The van der Waals surface area contributed by atoms with Gasteiger partial charge in [-0.25, -0.2) is 9.38 Å². The number of thiocarbonyl (C=S) groups is 1. The SMILES string of the molecule is CC/C(N=c1c(F)cc(N2C(=S)N(c3ccc(C#N)c(C(F)(F)F)c3)C(=O)C2(C)C)cn1C)=C(/C=O)OCCOC. The third-order valence-corrected chi connectivity index (χ3v) is 6.64. The van der Waals surface area contributed by atoms with E-state index in [-0.39, 0.29) is 53.1 Å². The molecule has 2 heterocycles. The van der Waals surface area contributed by atoms with E-state index < -0.39 is 34.6 Å². The fraction of sp³-hybridized carbons (Fsp3) is 0.370. The third kappa shape index (κ3) is 6.15. The van der Waals surface area contributed by atoms with Crippen molar-refractivity contribution in [2.45, 2.75) is 38.9 Å². The summed E-state index contributed by atoms with van der Waals surface area (Å²) >= 11 is 5.51. The van der Waals surface area contributed by atoms with Gasteiger partial charge in [-0.2, -0.15) is 18.4 Å². The fourth-order valence-electron chi connectivity index (χ4n) is 4.23. The van der Waals surface area contributed by atoms with E-state index in [0.717, 1.165) is 17.0 Å². The zero-order valence-electron chi connectivity index (χ0n) is 22.9. The minimum atomic E-state index is -4.85. The molecule has 0 spiro atoms. The Balaban J connectivity index is 2.10. The summed E-state index contributed by atoms with van der Waals surface area (Å²) in [6, 6.07) is 5.42. The van der Waals surface area contributed by atoms with Crippen LogP contribution in [0.25, 0.3) is 0 Å². The van der Waals surface area contributed by atoms with E-state index in [4.69, 9.17) is 27.0 Å². The second-order valence-corrected chi connectivity index (χ2v) is 9.74. The van der Waals surface area contributed by atoms with Crippen LogP contribution in [0.4, 0.5) is 28.9 Å². The van der Waals surface area contributed by atoms with E-state index in [0.29, 0.717) is 12.4 Å². The molecule has 0 saturated carbocycles. The second kappa shape index (κ2) is 12.2. The van der Waals surface area contributed by atoms with Gasteiger partial charge in [-0.1, -0.05) is 6.92 Å². The van der Waals surface area contributed by atoms with Crippen LogP contribution in [-0.2, 0) is 32.3 Å². The number of aldehydes is 1. The Morgan fingerprint density at radius 2 is 1.90 bits per heavy atom. The summed E-state index contributed by atoms with van der Waals surface area (Å²) in [6.07, 6.45) is -2.67. The van der Waals surface area contributed by atoms with Gasteiger partial charge in [0, 0.05) is 26.4 Å². The number of aromatic nitrogens is 1. The van der Waals surface area contributed by atoms with E-state index in [9.17, 15) is 22.8 Å². The molecule has 0 bridgehead atoms. The lowest BCUT2D eigenvalue weighted by Crippen LogP contribution is -2.45. The van der Waals surface area contributed by atoms with Crippen LogP contribution in [0.5, 0.6) is 0 Å². The molecule has 0 N–H and O–H groups in total. The lowest BCUT2D eigenvalue weighted by Gasteiger charge is -2.29. The first-order valence-corrected chi connectivity index (χ1v) is 12.6. The highest BCUT2D eigenvalue weighted by atomic mass is 32.1. The predicted molar refractivity (Wildman–Crippen MR) is 145 cm³/mol. The summed E-state index contributed by atoms with van der Waals surface area (Å²) in [4.78, 5) is 31.5. The van der Waals surface area contributed by atoms with Crippen molar-refractivity contribution in [3.05, 3.63) is 64.4 Å². The number of hydrogen-bond donors (Lipinski definition) is 0. The molecule has 1 aliphatic heterocycles. The van der Waals surface area contributed by atoms with Gasteiger partial charge >= 0.3 is 6.18 Å². The van der Waals surface area contributed by atoms with Crippen molar-refractivity contribution in [1.82, 2.24) is 4.57 Å². The molecule has 1 saturated heterocycles. The monoisotopic (exact) mass is 593 g/mol. The number of nitrogens with zero attached hydrogens (tertiary/aromatic N) is 5. The van der Waals surface area contributed by atoms with Gasteiger partial charge < -0.3 is 18.9 Å². The number of carbonyl (C=O) groups is 2. The molecule has 3 rings (SSSR count). The van der Waals surface area contributed by atoms with Crippen LogP contribution in [0, 0.1) is 17.1 Å². The smallest absolute Gasteiger partial charge is 0.417 e. The normalized spacial score (nSPS) is 16.1. The maximum atomic E-state index is 15.5. The Kier molecular flexibility index (Phi) is 9.35. The highest BCUT2D eigenvalue weighted by Gasteiger charge is 2.51. The molecule has 1 aromatic carbocycles. The fourth-order valence-corrected chi connectivity index (χ4v) is 4.75. The molecule has 218 valence electrons. The van der Waals surface area contributed by atoms with E-state index >= 15 is 4.39 Å². The number of alkyl halides is 3. The van der Waals surface area contributed by atoms with Gasteiger partial charge in [-0.3, -0.25) is 14.5 Å². The Labute approximate surface area is 238 Å². The van der Waals surface area contributed by atoms with Crippen molar-refractivity contribution in [3.8, 4) is 6.07 Å². The van der Waals surface area contributed by atoms with Crippen molar-refractivity contribution >= 4 is 40.9 Å². The maximum absolute atomic E-state index is 15.5. The molecule has 14 heteroatoms. The number of ether oxygens (including phenoxy) is 2. The second-order valence-electron chi connectivity index (χ2n) is 9.37. The van der Waals surface area contributed by atoms with E-state index in [2.05, 4.69) is 4.99 Å². The van der Waals surface area contributed by atoms with Gasteiger partial charge in [0.15, 0.2) is 28.5 Å². The average Bonchev–Trinajstić information content (AvgIpc) is 3.08. The van der Waals surface area contributed by atoms with E-state index in [1.165, 1.54) is 55.8 Å². The van der Waals surface area contributed by atoms with Crippen LogP contribution in [0.2, 0.25) is 0 Å². The van der Waals surface area contributed by atoms with Crippen LogP contribution in [0.3, 0.4) is 0 Å². The van der Waals surface area contributed by atoms with Crippen LogP contribution in [0.15, 0.2) is 46.9 Å². The summed E-state index contributed by atoms with van der Waals surface area (Å²) in [7, 11) is 2.97. The number of benzene rings is 1. The first-order valence-electron chi connectivity index (χ1n) is 12.2. The minimum Gasteiger partial charge on any atom is -0.486 e. The number of methoxy groups -OCH3 is 1. The summed E-state index contributed by atoms with van der Waals surface area (Å²) in [5.41, 5.74) is -3.25. The number of aryl methyl sites for hydroxylation is 1. The summed E-state index contributed by atoms with van der Waals surface area (Å²) in [5, 5.41) is 8.92. The minimum absolute atomic E-state index is 0.0724. The first-order chi connectivity index (χ1) is 19.2. The summed E-state index contributed by atoms with van der Waals surface area (Å²) in [5.74, 6) is -1.55. The van der Waals surface area contributed by atoms with Crippen LogP contribution in [-0.4, -0.2) is 47.7 Å². The molecule has 1 fully saturated rings. The average molecular weight is 594 g/mol. The largest absolute Gasteiger partial charge is 0.486 e. The van der Waals surface area contributed by atoms with Gasteiger partial charge in [-0.15, -0.1) is 0 Å². The molecule has 1 aliphatic rings. The molecule has 1 amide bonds. The summed E-state index contributed by atoms with van der Waals surface area (Å²) in [6.45, 7) is 5.03. The third-order valence-electron chi connectivity index (χ3n) is 6.27. The highest BCUT2D eigenvalue weighted by Crippen LogP contribution is 2.39. The number of amides is 1. The number of rotatable bonds is 9. The lowest BCUT2D eigenvalue weighted by molar-refractivity contribution is -0.137.